The summed E-state index contributed by atoms with van der Waals surface area (Å²) in [5.74, 6) is 0.954. The number of piperazine rings is 1. The molecule has 1 aliphatic heterocycles. The van der Waals surface area contributed by atoms with Crippen LogP contribution < -0.4 is 10.6 Å². The topological polar surface area (TPSA) is 42.9 Å². The van der Waals surface area contributed by atoms with Gasteiger partial charge in [0.1, 0.15) is 0 Å². The molecule has 2 heterocycles. The van der Waals surface area contributed by atoms with Gasteiger partial charge in [-0.25, -0.2) is 0 Å². The summed E-state index contributed by atoms with van der Waals surface area (Å²) in [5, 5.41) is 6.94. The van der Waals surface area contributed by atoms with Gasteiger partial charge in [-0.1, -0.05) is 6.92 Å². The number of halogens is 1. The number of hydrogen-bond donors (Lipinski definition) is 2. The van der Waals surface area contributed by atoms with E-state index in [4.69, 9.17) is 4.99 Å². The molecule has 1 saturated heterocycles. The Morgan fingerprint density at radius 1 is 1.14 bits per heavy atom. The Bertz CT molecular complexity index is 555. The van der Waals surface area contributed by atoms with E-state index in [-0.39, 0.29) is 24.0 Å². The number of thiophene rings is 1. The van der Waals surface area contributed by atoms with Crippen molar-refractivity contribution in [3.8, 4) is 0 Å². The van der Waals surface area contributed by atoms with Gasteiger partial charge in [0.2, 0.25) is 0 Å². The maximum absolute atomic E-state index is 4.78. The van der Waals surface area contributed by atoms with Crippen LogP contribution in [0.4, 0.5) is 0 Å². The maximum Gasteiger partial charge on any atom is 0.191 e. The Morgan fingerprint density at radius 2 is 1.86 bits per heavy atom. The number of nitrogens with zero attached hydrogens (tertiary/aromatic N) is 3. The normalized spacial score (nSPS) is 17.2. The number of likely N-dealkylation sites (N-methyl/N-ethyl adjacent to an activating group) is 1. The molecule has 2 N–H and O–H groups in total. The minimum Gasteiger partial charge on any atom is -0.357 e. The molecule has 7 heteroatoms. The summed E-state index contributed by atoms with van der Waals surface area (Å²) >= 11 is 1.89. The summed E-state index contributed by atoms with van der Waals surface area (Å²) in [6, 6.07) is 4.83. The van der Waals surface area contributed by atoms with Crippen LogP contribution in [-0.4, -0.2) is 74.2 Å². The van der Waals surface area contributed by atoms with E-state index in [1.54, 1.807) is 0 Å². The molecule has 0 aromatic carbocycles. The summed E-state index contributed by atoms with van der Waals surface area (Å²) in [6.07, 6.45) is 3.44. The van der Waals surface area contributed by atoms with Crippen molar-refractivity contribution in [2.75, 3.05) is 52.4 Å². The van der Waals surface area contributed by atoms with Gasteiger partial charge in [0.05, 0.1) is 0 Å². The van der Waals surface area contributed by atoms with E-state index in [9.17, 15) is 0 Å². The van der Waals surface area contributed by atoms with Crippen molar-refractivity contribution < 1.29 is 0 Å². The van der Waals surface area contributed by atoms with Crippen LogP contribution >= 0.6 is 35.3 Å². The van der Waals surface area contributed by atoms with Gasteiger partial charge < -0.3 is 20.4 Å². The van der Waals surface area contributed by atoms with Gasteiger partial charge in [-0.2, -0.15) is 0 Å². The monoisotopic (exact) mass is 521 g/mol. The predicted molar refractivity (Wildman–Crippen MR) is 135 cm³/mol. The number of aryl methyl sites for hydroxylation is 1. The molecule has 1 aromatic heterocycles. The van der Waals surface area contributed by atoms with Crippen LogP contribution in [0.25, 0.3) is 0 Å². The fourth-order valence-electron chi connectivity index (χ4n) is 3.47. The first kappa shape index (κ1) is 25.7. The summed E-state index contributed by atoms with van der Waals surface area (Å²) in [4.78, 5) is 12.7. The second kappa shape index (κ2) is 14.6. The van der Waals surface area contributed by atoms with E-state index >= 15 is 0 Å². The van der Waals surface area contributed by atoms with Crippen molar-refractivity contribution in [2.24, 2.45) is 4.99 Å². The standard InChI is InChI=1S/C21H39N5S.HI/c1-5-22-21(24-18(3)17-20-10-9-19(4)27-20)23-11-7-8-12-26-15-13-25(6-2)14-16-26;/h9-10,18H,5-8,11-17H2,1-4H3,(H2,22,23,24);1H. The largest absolute Gasteiger partial charge is 0.357 e. The highest BCUT2D eigenvalue weighted by molar-refractivity contribution is 14.0. The molecule has 1 unspecified atom stereocenters. The second-order valence-corrected chi connectivity index (χ2v) is 8.88. The van der Waals surface area contributed by atoms with Crippen molar-refractivity contribution in [3.05, 3.63) is 21.9 Å². The van der Waals surface area contributed by atoms with E-state index in [1.165, 1.54) is 55.4 Å². The van der Waals surface area contributed by atoms with Crippen molar-refractivity contribution in [3.63, 3.8) is 0 Å². The summed E-state index contributed by atoms with van der Waals surface area (Å²) < 4.78 is 0. The Balaban J connectivity index is 0.00000392. The number of nitrogens with one attached hydrogen (secondary N) is 2. The SMILES string of the molecule is CCNC(=NCCCCN1CCN(CC)CC1)NC(C)Cc1ccc(C)s1.I. The molecule has 1 aromatic rings. The number of guanidine groups is 1. The first-order valence-electron chi connectivity index (χ1n) is 10.7. The van der Waals surface area contributed by atoms with Crippen LogP contribution in [0.2, 0.25) is 0 Å². The summed E-state index contributed by atoms with van der Waals surface area (Å²) in [5.41, 5.74) is 0. The molecule has 2 rings (SSSR count). The minimum atomic E-state index is 0. The van der Waals surface area contributed by atoms with E-state index < -0.39 is 0 Å². The minimum absolute atomic E-state index is 0. The Kier molecular flexibility index (Phi) is 13.4. The Hall–Kier alpha value is -0.380. The van der Waals surface area contributed by atoms with E-state index in [2.05, 4.69) is 60.3 Å². The van der Waals surface area contributed by atoms with Crippen LogP contribution in [0.15, 0.2) is 17.1 Å². The second-order valence-electron chi connectivity index (χ2n) is 7.51. The molecule has 1 fully saturated rings. The lowest BCUT2D eigenvalue weighted by Gasteiger charge is -2.33. The highest BCUT2D eigenvalue weighted by Gasteiger charge is 2.14. The van der Waals surface area contributed by atoms with E-state index in [0.29, 0.717) is 6.04 Å². The predicted octanol–water partition coefficient (Wildman–Crippen LogP) is 3.58. The molecule has 0 spiro atoms. The van der Waals surface area contributed by atoms with Gasteiger partial charge in [0, 0.05) is 61.5 Å². The maximum atomic E-state index is 4.78. The Morgan fingerprint density at radius 3 is 2.46 bits per heavy atom. The van der Waals surface area contributed by atoms with Gasteiger partial charge in [-0.15, -0.1) is 35.3 Å². The lowest BCUT2D eigenvalue weighted by Crippen LogP contribution is -2.46. The zero-order chi connectivity index (χ0) is 19.5. The van der Waals surface area contributed by atoms with E-state index in [0.717, 1.165) is 31.9 Å². The van der Waals surface area contributed by atoms with Gasteiger partial charge in [-0.3, -0.25) is 4.99 Å². The molecule has 162 valence electrons. The third kappa shape index (κ3) is 9.89. The molecular weight excluding hydrogens is 481 g/mol. The first-order valence-corrected chi connectivity index (χ1v) is 11.5. The number of aliphatic imine (C=N–C) groups is 1. The van der Waals surface area contributed by atoms with Gasteiger partial charge in [0.25, 0.3) is 0 Å². The molecule has 0 saturated carbocycles. The lowest BCUT2D eigenvalue weighted by molar-refractivity contribution is 0.136. The third-order valence-electron chi connectivity index (χ3n) is 5.10. The number of rotatable bonds is 10. The number of unbranched alkanes of at least 4 members (excludes halogenated alkanes) is 1. The van der Waals surface area contributed by atoms with Crippen LogP contribution in [0.5, 0.6) is 0 Å². The van der Waals surface area contributed by atoms with Crippen molar-refractivity contribution in [1.29, 1.82) is 0 Å². The van der Waals surface area contributed by atoms with Gasteiger partial charge >= 0.3 is 0 Å². The average molecular weight is 522 g/mol. The van der Waals surface area contributed by atoms with Crippen LogP contribution in [0, 0.1) is 6.92 Å². The zero-order valence-corrected chi connectivity index (χ0v) is 21.3. The lowest BCUT2D eigenvalue weighted by atomic mass is 10.2. The molecule has 1 aliphatic rings. The average Bonchev–Trinajstić information content (AvgIpc) is 3.06. The number of hydrogen-bond acceptors (Lipinski definition) is 4. The highest BCUT2D eigenvalue weighted by Crippen LogP contribution is 2.16. The van der Waals surface area contributed by atoms with Crippen molar-refractivity contribution >= 4 is 41.3 Å². The van der Waals surface area contributed by atoms with Crippen LogP contribution in [-0.2, 0) is 6.42 Å². The summed E-state index contributed by atoms with van der Waals surface area (Å²) in [7, 11) is 0. The Labute approximate surface area is 193 Å². The molecule has 0 aliphatic carbocycles. The van der Waals surface area contributed by atoms with Crippen molar-refractivity contribution in [2.45, 2.75) is 53.0 Å². The third-order valence-corrected chi connectivity index (χ3v) is 6.12. The molecule has 5 nitrogen and oxygen atoms in total. The summed E-state index contributed by atoms with van der Waals surface area (Å²) in [6.45, 7) is 17.9. The van der Waals surface area contributed by atoms with E-state index in [1.807, 2.05) is 11.3 Å². The van der Waals surface area contributed by atoms with Crippen molar-refractivity contribution in [1.82, 2.24) is 20.4 Å². The molecule has 0 amide bonds. The highest BCUT2D eigenvalue weighted by atomic mass is 127. The molecule has 0 bridgehead atoms. The molecule has 0 radical (unpaired) electrons. The molecule has 28 heavy (non-hydrogen) atoms. The van der Waals surface area contributed by atoms with Crippen LogP contribution in [0.1, 0.15) is 43.4 Å². The fourth-order valence-corrected chi connectivity index (χ4v) is 4.49. The fraction of sp³-hybridized carbons (Fsp3) is 0.762. The molecular formula is C21H40IN5S. The zero-order valence-electron chi connectivity index (χ0n) is 18.2. The van der Waals surface area contributed by atoms with Gasteiger partial charge in [0.15, 0.2) is 5.96 Å². The smallest absolute Gasteiger partial charge is 0.191 e. The molecule has 1 atom stereocenters. The quantitative estimate of drug-likeness (QED) is 0.214. The van der Waals surface area contributed by atoms with Crippen LogP contribution in [0.3, 0.4) is 0 Å². The van der Waals surface area contributed by atoms with Gasteiger partial charge in [-0.05, 0) is 58.8 Å². The first-order chi connectivity index (χ1) is 13.1.